The first-order chi connectivity index (χ1) is 13.2. The number of nitrogens with zero attached hydrogens (tertiary/aromatic N) is 7. The van der Waals surface area contributed by atoms with Crippen molar-refractivity contribution in [3.05, 3.63) is 22.7 Å². The molecule has 150 valence electrons. The molecule has 1 saturated heterocycles. The van der Waals surface area contributed by atoms with Crippen LogP contribution >= 0.6 is 23.2 Å². The lowest BCUT2D eigenvalue weighted by Gasteiger charge is -2.30. The Kier molecular flexibility index (Phi) is 4.94. The maximum atomic E-state index is 11.7. The molecule has 1 aliphatic heterocycles. The molecule has 0 aromatic carbocycles. The van der Waals surface area contributed by atoms with Gasteiger partial charge in [-0.25, -0.2) is 27.1 Å². The molecule has 0 aliphatic carbocycles. The van der Waals surface area contributed by atoms with E-state index >= 15 is 0 Å². The first-order valence-corrected chi connectivity index (χ1v) is 11.1. The van der Waals surface area contributed by atoms with Crippen molar-refractivity contribution in [2.45, 2.75) is 18.9 Å². The summed E-state index contributed by atoms with van der Waals surface area (Å²) in [5.74, 6) is 0.348. The molecule has 1 fully saturated rings. The Morgan fingerprint density at radius 2 is 1.93 bits per heavy atom. The minimum atomic E-state index is -3.17. The number of rotatable bonds is 4. The summed E-state index contributed by atoms with van der Waals surface area (Å²) in [6, 6.07) is 0.0281. The predicted molar refractivity (Wildman–Crippen MR) is 107 cm³/mol. The van der Waals surface area contributed by atoms with Crippen molar-refractivity contribution in [2.75, 3.05) is 24.7 Å². The fraction of sp³-hybridized carbons (Fsp3) is 0.467. The van der Waals surface area contributed by atoms with Gasteiger partial charge in [-0.05, 0) is 12.8 Å². The van der Waals surface area contributed by atoms with Gasteiger partial charge in [-0.3, -0.25) is 0 Å². The molecule has 0 radical (unpaired) electrons. The van der Waals surface area contributed by atoms with Crippen LogP contribution in [0.2, 0.25) is 10.3 Å². The molecule has 0 unspecified atom stereocenters. The number of aryl methyl sites for hydroxylation is 1. The Bertz CT molecular complexity index is 1130. The van der Waals surface area contributed by atoms with Gasteiger partial charge >= 0.3 is 0 Å². The zero-order valence-electron chi connectivity index (χ0n) is 15.2. The molecule has 1 aliphatic rings. The van der Waals surface area contributed by atoms with Gasteiger partial charge in [-0.15, -0.1) is 0 Å². The van der Waals surface area contributed by atoms with Crippen molar-refractivity contribution in [1.29, 1.82) is 0 Å². The molecule has 4 rings (SSSR count). The van der Waals surface area contributed by atoms with Gasteiger partial charge in [-0.1, -0.05) is 23.2 Å². The Labute approximate surface area is 171 Å². The summed E-state index contributed by atoms with van der Waals surface area (Å²) in [5.41, 5.74) is 1.17. The minimum Gasteiger partial charge on any atom is -0.320 e. The molecule has 0 amide bonds. The van der Waals surface area contributed by atoms with E-state index in [2.05, 4.69) is 25.5 Å². The molecule has 0 spiro atoms. The Hall–Kier alpha value is -1.95. The Morgan fingerprint density at radius 3 is 2.61 bits per heavy atom. The van der Waals surface area contributed by atoms with Crippen LogP contribution in [0.1, 0.15) is 18.9 Å². The number of piperidine rings is 1. The molecule has 0 bridgehead atoms. The normalized spacial score (nSPS) is 16.7. The third-order valence-electron chi connectivity index (χ3n) is 4.75. The number of aromatic nitrogens is 6. The number of halogens is 2. The van der Waals surface area contributed by atoms with Crippen LogP contribution in [0.4, 0.5) is 11.6 Å². The van der Waals surface area contributed by atoms with Crippen LogP contribution in [-0.2, 0) is 17.1 Å². The number of hydrogen-bond acceptors (Lipinski definition) is 7. The number of fused-ring (bicyclic) bond motifs is 1. The molecule has 28 heavy (non-hydrogen) atoms. The van der Waals surface area contributed by atoms with Crippen LogP contribution in [-0.4, -0.2) is 61.6 Å². The Balaban J connectivity index is 1.52. The van der Waals surface area contributed by atoms with Crippen LogP contribution in [0.15, 0.2) is 12.4 Å². The molecule has 3 aromatic heterocycles. The lowest BCUT2D eigenvalue weighted by Crippen LogP contribution is -2.38. The summed E-state index contributed by atoms with van der Waals surface area (Å²) in [7, 11) is -1.42. The van der Waals surface area contributed by atoms with Crippen LogP contribution in [0.5, 0.6) is 0 Å². The number of hydrogen-bond donors (Lipinski definition) is 1. The number of nitrogens with one attached hydrogen (secondary N) is 1. The van der Waals surface area contributed by atoms with Gasteiger partial charge in [0.15, 0.2) is 16.0 Å². The van der Waals surface area contributed by atoms with Crippen LogP contribution in [0, 0.1) is 0 Å². The number of sulfonamides is 1. The summed E-state index contributed by atoms with van der Waals surface area (Å²) in [6.07, 6.45) is 5.71. The average molecular weight is 445 g/mol. The van der Waals surface area contributed by atoms with Crippen LogP contribution in [0.25, 0.3) is 11.0 Å². The van der Waals surface area contributed by atoms with E-state index in [0.717, 1.165) is 0 Å². The maximum Gasteiger partial charge on any atom is 0.229 e. The van der Waals surface area contributed by atoms with Gasteiger partial charge in [-0.2, -0.15) is 15.2 Å². The van der Waals surface area contributed by atoms with Gasteiger partial charge in [0.25, 0.3) is 0 Å². The fourth-order valence-corrected chi connectivity index (χ4v) is 4.68. The van der Waals surface area contributed by atoms with Crippen molar-refractivity contribution in [1.82, 2.24) is 33.8 Å². The van der Waals surface area contributed by atoms with E-state index in [4.69, 9.17) is 23.2 Å². The van der Waals surface area contributed by atoms with Crippen molar-refractivity contribution in [3.8, 4) is 0 Å². The highest BCUT2D eigenvalue weighted by molar-refractivity contribution is 7.88. The second kappa shape index (κ2) is 7.14. The highest BCUT2D eigenvalue weighted by Gasteiger charge is 2.28. The highest BCUT2D eigenvalue weighted by atomic mass is 35.5. The standard InChI is InChI=1S/C15H18Cl2N8O2S/c1-23-14-10(12(16)22-23)7-18-15(21-14)20-11-8-19-25(13(11)17)9-3-5-24(6-4-9)28(2,26)27/h7-9H,3-6H2,1-2H3,(H,18,20,21). The van der Waals surface area contributed by atoms with E-state index in [1.807, 2.05) is 0 Å². The van der Waals surface area contributed by atoms with Gasteiger partial charge in [0, 0.05) is 26.3 Å². The number of anilines is 2. The molecule has 0 atom stereocenters. The summed E-state index contributed by atoms with van der Waals surface area (Å²) >= 11 is 12.5. The molecular formula is C15H18Cl2N8O2S. The third-order valence-corrected chi connectivity index (χ3v) is 6.71. The molecule has 13 heteroatoms. The smallest absolute Gasteiger partial charge is 0.229 e. The van der Waals surface area contributed by atoms with Gasteiger partial charge in [0.05, 0.1) is 29.6 Å². The van der Waals surface area contributed by atoms with Gasteiger partial charge in [0.2, 0.25) is 16.0 Å². The zero-order valence-corrected chi connectivity index (χ0v) is 17.5. The summed E-state index contributed by atoms with van der Waals surface area (Å²) in [5, 5.41) is 13.0. The maximum absolute atomic E-state index is 11.7. The van der Waals surface area contributed by atoms with E-state index in [9.17, 15) is 8.42 Å². The van der Waals surface area contributed by atoms with Gasteiger partial charge in [0.1, 0.15) is 0 Å². The molecule has 10 nitrogen and oxygen atoms in total. The molecule has 0 saturated carbocycles. The predicted octanol–water partition coefficient (Wildman–Crippen LogP) is 2.21. The van der Waals surface area contributed by atoms with Gasteiger partial charge < -0.3 is 5.32 Å². The largest absolute Gasteiger partial charge is 0.320 e. The first kappa shape index (κ1) is 19.4. The van der Waals surface area contributed by atoms with Crippen molar-refractivity contribution >= 4 is 55.9 Å². The van der Waals surface area contributed by atoms with Crippen molar-refractivity contribution in [3.63, 3.8) is 0 Å². The van der Waals surface area contributed by atoms with E-state index in [1.54, 1.807) is 28.8 Å². The third kappa shape index (κ3) is 3.54. The SMILES string of the molecule is Cn1nc(Cl)c2cnc(Nc3cnn(C4CCN(S(C)(=O)=O)CC4)c3Cl)nc21. The minimum absolute atomic E-state index is 0.0281. The zero-order chi connectivity index (χ0) is 20.1. The summed E-state index contributed by atoms with van der Waals surface area (Å²) in [4.78, 5) is 8.66. The monoisotopic (exact) mass is 444 g/mol. The second-order valence-electron chi connectivity index (χ2n) is 6.66. The molecule has 4 heterocycles. The van der Waals surface area contributed by atoms with Crippen LogP contribution < -0.4 is 5.32 Å². The molecule has 1 N–H and O–H groups in total. The lowest BCUT2D eigenvalue weighted by molar-refractivity contribution is 0.262. The summed E-state index contributed by atoms with van der Waals surface area (Å²) < 4.78 is 28.1. The van der Waals surface area contributed by atoms with Crippen LogP contribution in [0.3, 0.4) is 0 Å². The second-order valence-corrected chi connectivity index (χ2v) is 9.36. The van der Waals surface area contributed by atoms with E-state index in [1.165, 1.54) is 10.6 Å². The van der Waals surface area contributed by atoms with E-state index in [-0.39, 0.29) is 6.04 Å². The first-order valence-electron chi connectivity index (χ1n) is 8.54. The lowest BCUT2D eigenvalue weighted by atomic mass is 10.1. The topological polar surface area (TPSA) is 111 Å². The quantitative estimate of drug-likeness (QED) is 0.656. The molecule has 3 aromatic rings. The van der Waals surface area contributed by atoms with E-state index < -0.39 is 10.0 Å². The summed E-state index contributed by atoms with van der Waals surface area (Å²) in [6.45, 7) is 0.896. The fourth-order valence-electron chi connectivity index (χ4n) is 3.28. The highest BCUT2D eigenvalue weighted by Crippen LogP contribution is 2.32. The van der Waals surface area contributed by atoms with Crippen molar-refractivity contribution in [2.24, 2.45) is 7.05 Å². The Morgan fingerprint density at radius 1 is 1.21 bits per heavy atom. The van der Waals surface area contributed by atoms with E-state index in [0.29, 0.717) is 58.9 Å². The van der Waals surface area contributed by atoms with Crippen molar-refractivity contribution < 1.29 is 8.42 Å². The average Bonchev–Trinajstić information content (AvgIpc) is 3.14. The molecular weight excluding hydrogens is 427 g/mol.